The molecule has 2 rings (SSSR count). The predicted octanol–water partition coefficient (Wildman–Crippen LogP) is 2.22. The third-order valence-electron chi connectivity index (χ3n) is 3.86. The predicted molar refractivity (Wildman–Crippen MR) is 97.3 cm³/mol. The molecule has 1 aromatic rings. The van der Waals surface area contributed by atoms with Gasteiger partial charge in [-0.3, -0.25) is 10.1 Å². The Morgan fingerprint density at radius 2 is 2.19 bits per heavy atom. The molecule has 9 nitrogen and oxygen atoms in total. The first kappa shape index (κ1) is 20.0. The number of amides is 2. The SMILES string of the molecule is C=CCc1cc([N+](=O)[O-])ccc1OCC1=C(C(=O)OCC)[C@H](C)NC(=O)N1. The van der Waals surface area contributed by atoms with E-state index >= 15 is 0 Å². The number of hydrogen-bond acceptors (Lipinski definition) is 6. The van der Waals surface area contributed by atoms with Crippen LogP contribution in [0, 0.1) is 10.1 Å². The summed E-state index contributed by atoms with van der Waals surface area (Å²) in [4.78, 5) is 34.4. The molecule has 0 fully saturated rings. The van der Waals surface area contributed by atoms with Gasteiger partial charge in [-0.1, -0.05) is 6.08 Å². The molecule has 0 radical (unpaired) electrons. The molecule has 1 heterocycles. The highest BCUT2D eigenvalue weighted by atomic mass is 16.6. The first-order valence-electron chi connectivity index (χ1n) is 8.36. The number of rotatable bonds is 8. The number of nitro benzene ring substituents is 1. The molecule has 0 spiro atoms. The molecule has 0 aliphatic carbocycles. The van der Waals surface area contributed by atoms with Crippen LogP contribution in [0.4, 0.5) is 10.5 Å². The van der Waals surface area contributed by atoms with Crippen LogP contribution in [-0.2, 0) is 16.0 Å². The van der Waals surface area contributed by atoms with Crippen molar-refractivity contribution in [2.75, 3.05) is 13.2 Å². The number of nitrogens with one attached hydrogen (secondary N) is 2. The second-order valence-electron chi connectivity index (χ2n) is 5.76. The number of nitro groups is 1. The van der Waals surface area contributed by atoms with Gasteiger partial charge in [0.25, 0.3) is 5.69 Å². The third kappa shape index (κ3) is 4.84. The van der Waals surface area contributed by atoms with E-state index in [0.29, 0.717) is 17.7 Å². The molecule has 27 heavy (non-hydrogen) atoms. The lowest BCUT2D eigenvalue weighted by Crippen LogP contribution is -2.50. The standard InChI is InChI=1S/C18H21N3O6/c1-4-6-12-9-13(21(24)25)7-8-15(12)27-10-14-16(17(22)26-5-2)11(3)19-18(23)20-14/h4,7-9,11H,1,5-6,10H2,2-3H3,(H2,19,20,23)/t11-/m0/s1. The molecule has 0 aromatic heterocycles. The van der Waals surface area contributed by atoms with Gasteiger partial charge in [0.1, 0.15) is 12.4 Å². The first-order valence-corrected chi connectivity index (χ1v) is 8.36. The number of non-ortho nitro benzene ring substituents is 1. The van der Waals surface area contributed by atoms with Crippen LogP contribution in [-0.4, -0.2) is 36.2 Å². The zero-order valence-corrected chi connectivity index (χ0v) is 15.1. The van der Waals surface area contributed by atoms with Crippen molar-refractivity contribution >= 4 is 17.7 Å². The van der Waals surface area contributed by atoms with Crippen LogP contribution in [0.25, 0.3) is 0 Å². The number of esters is 1. The largest absolute Gasteiger partial charge is 0.487 e. The van der Waals surface area contributed by atoms with Crippen LogP contribution in [0.2, 0.25) is 0 Å². The smallest absolute Gasteiger partial charge is 0.338 e. The molecule has 2 N–H and O–H groups in total. The summed E-state index contributed by atoms with van der Waals surface area (Å²) in [5.74, 6) is -0.150. The molecule has 1 atom stereocenters. The summed E-state index contributed by atoms with van der Waals surface area (Å²) in [6, 6.07) is 3.21. The summed E-state index contributed by atoms with van der Waals surface area (Å²) in [6.45, 7) is 7.08. The van der Waals surface area contributed by atoms with Crippen molar-refractivity contribution < 1.29 is 24.0 Å². The average molecular weight is 375 g/mol. The summed E-state index contributed by atoms with van der Waals surface area (Å²) in [5.41, 5.74) is 1.07. The number of carbonyl (C=O) groups excluding carboxylic acids is 2. The first-order chi connectivity index (χ1) is 12.9. The van der Waals surface area contributed by atoms with Gasteiger partial charge in [0.05, 0.1) is 28.8 Å². The Bertz CT molecular complexity index is 802. The van der Waals surface area contributed by atoms with Crippen molar-refractivity contribution in [3.8, 4) is 5.75 Å². The van der Waals surface area contributed by atoms with Gasteiger partial charge < -0.3 is 20.1 Å². The Hall–Kier alpha value is -3.36. The van der Waals surface area contributed by atoms with Crippen LogP contribution in [0.3, 0.4) is 0 Å². The van der Waals surface area contributed by atoms with E-state index in [1.807, 2.05) is 0 Å². The van der Waals surface area contributed by atoms with Crippen LogP contribution < -0.4 is 15.4 Å². The highest BCUT2D eigenvalue weighted by molar-refractivity contribution is 5.94. The second kappa shape index (κ2) is 8.84. The Morgan fingerprint density at radius 1 is 1.44 bits per heavy atom. The summed E-state index contributed by atoms with van der Waals surface area (Å²) in [5, 5.41) is 16.1. The molecule has 9 heteroatoms. The molecule has 1 aliphatic heterocycles. The van der Waals surface area contributed by atoms with E-state index in [0.717, 1.165) is 0 Å². The minimum Gasteiger partial charge on any atom is -0.487 e. The number of benzene rings is 1. The fourth-order valence-electron chi connectivity index (χ4n) is 2.68. The molecular formula is C18H21N3O6. The minimum atomic E-state index is -0.550. The molecular weight excluding hydrogens is 354 g/mol. The fraction of sp³-hybridized carbons (Fsp3) is 0.333. The molecule has 0 saturated heterocycles. The van der Waals surface area contributed by atoms with Crippen LogP contribution in [0.5, 0.6) is 5.75 Å². The van der Waals surface area contributed by atoms with E-state index < -0.39 is 23.0 Å². The van der Waals surface area contributed by atoms with E-state index in [-0.39, 0.29) is 30.2 Å². The lowest BCUT2D eigenvalue weighted by Gasteiger charge is -2.26. The molecule has 0 unspecified atom stereocenters. The second-order valence-corrected chi connectivity index (χ2v) is 5.76. The van der Waals surface area contributed by atoms with Crippen molar-refractivity contribution in [2.24, 2.45) is 0 Å². The lowest BCUT2D eigenvalue weighted by atomic mass is 10.0. The van der Waals surface area contributed by atoms with E-state index in [9.17, 15) is 19.7 Å². The number of carbonyl (C=O) groups is 2. The van der Waals surface area contributed by atoms with Gasteiger partial charge in [0.2, 0.25) is 0 Å². The van der Waals surface area contributed by atoms with Crippen LogP contribution in [0.15, 0.2) is 42.1 Å². The number of allylic oxidation sites excluding steroid dienone is 1. The lowest BCUT2D eigenvalue weighted by molar-refractivity contribution is -0.384. The molecule has 0 saturated carbocycles. The normalized spacial score (nSPS) is 16.2. The summed E-state index contributed by atoms with van der Waals surface area (Å²) in [7, 11) is 0. The Balaban J connectivity index is 2.30. The van der Waals surface area contributed by atoms with Gasteiger partial charge in [-0.15, -0.1) is 6.58 Å². The number of ether oxygens (including phenoxy) is 2. The minimum absolute atomic E-state index is 0.0607. The average Bonchev–Trinajstić information content (AvgIpc) is 2.60. The fourth-order valence-corrected chi connectivity index (χ4v) is 2.68. The van der Waals surface area contributed by atoms with Gasteiger partial charge in [-0.05, 0) is 26.3 Å². The third-order valence-corrected chi connectivity index (χ3v) is 3.86. The Labute approximate surface area is 156 Å². The van der Waals surface area contributed by atoms with E-state index in [1.54, 1.807) is 19.9 Å². The zero-order chi connectivity index (χ0) is 20.0. The molecule has 0 bridgehead atoms. The molecule has 1 aliphatic rings. The van der Waals surface area contributed by atoms with Crippen LogP contribution >= 0.6 is 0 Å². The summed E-state index contributed by atoms with van der Waals surface area (Å²) < 4.78 is 10.8. The van der Waals surface area contributed by atoms with Crippen molar-refractivity contribution in [3.63, 3.8) is 0 Å². The van der Waals surface area contributed by atoms with Crippen molar-refractivity contribution in [1.29, 1.82) is 0 Å². The quantitative estimate of drug-likeness (QED) is 0.311. The van der Waals surface area contributed by atoms with E-state index in [4.69, 9.17) is 9.47 Å². The van der Waals surface area contributed by atoms with Gasteiger partial charge in [-0.25, -0.2) is 9.59 Å². The van der Waals surface area contributed by atoms with Gasteiger partial charge in [-0.2, -0.15) is 0 Å². The highest BCUT2D eigenvalue weighted by Gasteiger charge is 2.30. The van der Waals surface area contributed by atoms with Crippen molar-refractivity contribution in [1.82, 2.24) is 10.6 Å². The topological polar surface area (TPSA) is 120 Å². The number of nitrogens with zero attached hydrogens (tertiary/aromatic N) is 1. The maximum atomic E-state index is 12.2. The van der Waals surface area contributed by atoms with Crippen LogP contribution in [0.1, 0.15) is 19.4 Å². The Kier molecular flexibility index (Phi) is 6.53. The Morgan fingerprint density at radius 3 is 2.81 bits per heavy atom. The maximum Gasteiger partial charge on any atom is 0.338 e. The zero-order valence-electron chi connectivity index (χ0n) is 15.1. The van der Waals surface area contributed by atoms with Gasteiger partial charge in [0.15, 0.2) is 0 Å². The molecule has 1 aromatic carbocycles. The monoisotopic (exact) mass is 375 g/mol. The summed E-state index contributed by atoms with van der Waals surface area (Å²) >= 11 is 0. The molecule has 2 amide bonds. The van der Waals surface area contributed by atoms with E-state index in [1.165, 1.54) is 18.2 Å². The van der Waals surface area contributed by atoms with Gasteiger partial charge in [0, 0.05) is 17.7 Å². The number of hydrogen-bond donors (Lipinski definition) is 2. The number of urea groups is 1. The van der Waals surface area contributed by atoms with Crippen molar-refractivity contribution in [3.05, 3.63) is 57.8 Å². The maximum absolute atomic E-state index is 12.2. The summed E-state index contributed by atoms with van der Waals surface area (Å²) in [6.07, 6.45) is 1.97. The van der Waals surface area contributed by atoms with E-state index in [2.05, 4.69) is 17.2 Å². The van der Waals surface area contributed by atoms with Gasteiger partial charge >= 0.3 is 12.0 Å². The highest BCUT2D eigenvalue weighted by Crippen LogP contribution is 2.26. The van der Waals surface area contributed by atoms with Crippen molar-refractivity contribution in [2.45, 2.75) is 26.3 Å². The molecule has 144 valence electrons.